The molecule has 0 aromatic heterocycles. The summed E-state index contributed by atoms with van der Waals surface area (Å²) >= 11 is 1.22. The first-order valence-corrected chi connectivity index (χ1v) is 11.5. The highest BCUT2D eigenvalue weighted by Crippen LogP contribution is 2.30. The zero-order chi connectivity index (χ0) is 24.6. The molecule has 178 valence electrons. The zero-order valence-electron chi connectivity index (χ0n) is 19.9. The number of ketones is 1. The van der Waals surface area contributed by atoms with Gasteiger partial charge in [0.15, 0.2) is 12.4 Å². The molecular formula is C25H31NO6S. The lowest BCUT2D eigenvalue weighted by atomic mass is 9.91. The molecule has 1 atom stereocenters. The highest BCUT2D eigenvalue weighted by molar-refractivity contribution is 8.00. The molecule has 2 rings (SSSR count). The molecule has 0 saturated carbocycles. The van der Waals surface area contributed by atoms with Crippen molar-refractivity contribution < 1.29 is 28.6 Å². The molecule has 0 spiro atoms. The standard InChI is InChI=1S/C25H31NO6S/c1-16(19-13-17(30-5)11-12-20(19)31-6)26-23(28)15-33-21-10-8-7-9-18(21)24(29)32-14-22(27)25(2,3)4/h7-13,16H,14-15H2,1-6H3,(H,26,28). The van der Waals surface area contributed by atoms with Crippen LogP contribution < -0.4 is 14.8 Å². The van der Waals surface area contributed by atoms with E-state index >= 15 is 0 Å². The summed E-state index contributed by atoms with van der Waals surface area (Å²) in [6.07, 6.45) is 0. The van der Waals surface area contributed by atoms with E-state index in [1.807, 2.05) is 13.0 Å². The van der Waals surface area contributed by atoms with E-state index < -0.39 is 11.4 Å². The minimum absolute atomic E-state index is 0.0990. The molecule has 0 radical (unpaired) electrons. The molecule has 0 fully saturated rings. The number of thioether (sulfide) groups is 1. The fourth-order valence-electron chi connectivity index (χ4n) is 2.87. The van der Waals surface area contributed by atoms with Gasteiger partial charge in [-0.3, -0.25) is 9.59 Å². The lowest BCUT2D eigenvalue weighted by Crippen LogP contribution is -2.28. The number of methoxy groups -OCH3 is 2. The Hall–Kier alpha value is -3.00. The van der Waals surface area contributed by atoms with Crippen LogP contribution >= 0.6 is 11.8 Å². The summed E-state index contributed by atoms with van der Waals surface area (Å²) in [7, 11) is 3.15. The molecule has 1 N–H and O–H groups in total. The molecular weight excluding hydrogens is 442 g/mol. The normalized spacial score (nSPS) is 11.9. The van der Waals surface area contributed by atoms with Gasteiger partial charge in [0, 0.05) is 15.9 Å². The van der Waals surface area contributed by atoms with Gasteiger partial charge < -0.3 is 19.5 Å². The number of ether oxygens (including phenoxy) is 3. The minimum Gasteiger partial charge on any atom is -0.497 e. The second-order valence-corrected chi connectivity index (χ2v) is 9.45. The predicted molar refractivity (Wildman–Crippen MR) is 128 cm³/mol. The van der Waals surface area contributed by atoms with Gasteiger partial charge in [-0.1, -0.05) is 32.9 Å². The maximum atomic E-state index is 12.6. The molecule has 33 heavy (non-hydrogen) atoms. The summed E-state index contributed by atoms with van der Waals surface area (Å²) in [4.78, 5) is 37.8. The number of esters is 1. The first-order chi connectivity index (χ1) is 15.6. The fourth-order valence-corrected chi connectivity index (χ4v) is 3.72. The monoisotopic (exact) mass is 473 g/mol. The Balaban J connectivity index is 2.01. The van der Waals surface area contributed by atoms with Crippen LogP contribution in [0.25, 0.3) is 0 Å². The zero-order valence-corrected chi connectivity index (χ0v) is 20.7. The highest BCUT2D eigenvalue weighted by atomic mass is 32.2. The number of Topliss-reactive ketones (excluding diaryl/α,β-unsaturated/α-hetero) is 1. The third-order valence-electron chi connectivity index (χ3n) is 4.92. The Bertz CT molecular complexity index is 999. The number of carbonyl (C=O) groups is 3. The Morgan fingerprint density at radius 1 is 1.03 bits per heavy atom. The fraction of sp³-hybridized carbons (Fsp3) is 0.400. The SMILES string of the molecule is COc1ccc(OC)c(C(C)NC(=O)CSc2ccccc2C(=O)OCC(=O)C(C)(C)C)c1. The van der Waals surface area contributed by atoms with Crippen LogP contribution in [0.4, 0.5) is 0 Å². The molecule has 1 amide bonds. The number of carbonyl (C=O) groups excluding carboxylic acids is 3. The molecule has 0 bridgehead atoms. The topological polar surface area (TPSA) is 90.9 Å². The van der Waals surface area contributed by atoms with Gasteiger partial charge in [0.05, 0.1) is 31.6 Å². The largest absolute Gasteiger partial charge is 0.497 e. The lowest BCUT2D eigenvalue weighted by Gasteiger charge is -2.18. The van der Waals surface area contributed by atoms with Crippen LogP contribution in [-0.4, -0.2) is 44.2 Å². The van der Waals surface area contributed by atoms with Crippen LogP contribution in [-0.2, 0) is 14.3 Å². The maximum Gasteiger partial charge on any atom is 0.339 e. The first kappa shape index (κ1) is 26.3. The summed E-state index contributed by atoms with van der Waals surface area (Å²) in [5.74, 6) is 0.450. The molecule has 1 unspecified atom stereocenters. The predicted octanol–water partition coefficient (Wildman–Crippen LogP) is 4.45. The number of benzene rings is 2. The summed E-state index contributed by atoms with van der Waals surface area (Å²) in [5, 5.41) is 2.94. The summed E-state index contributed by atoms with van der Waals surface area (Å²) in [6.45, 7) is 6.88. The van der Waals surface area contributed by atoms with Crippen molar-refractivity contribution in [3.05, 3.63) is 53.6 Å². The van der Waals surface area contributed by atoms with Gasteiger partial charge in [0.2, 0.25) is 5.91 Å². The van der Waals surface area contributed by atoms with E-state index in [1.165, 1.54) is 11.8 Å². The summed E-state index contributed by atoms with van der Waals surface area (Å²) in [6, 6.07) is 11.9. The van der Waals surface area contributed by atoms with Crippen molar-refractivity contribution in [1.82, 2.24) is 5.32 Å². The molecule has 2 aromatic carbocycles. The van der Waals surface area contributed by atoms with E-state index in [-0.39, 0.29) is 30.1 Å². The molecule has 7 nitrogen and oxygen atoms in total. The molecule has 0 aliphatic rings. The highest BCUT2D eigenvalue weighted by Gasteiger charge is 2.23. The Kier molecular flexibility index (Phi) is 9.34. The number of hydrogen-bond acceptors (Lipinski definition) is 7. The lowest BCUT2D eigenvalue weighted by molar-refractivity contribution is -0.129. The smallest absolute Gasteiger partial charge is 0.339 e. The third kappa shape index (κ3) is 7.53. The molecule has 0 aliphatic carbocycles. The average molecular weight is 474 g/mol. The van der Waals surface area contributed by atoms with Crippen molar-refractivity contribution in [1.29, 1.82) is 0 Å². The third-order valence-corrected chi connectivity index (χ3v) is 5.99. The van der Waals surface area contributed by atoms with Gasteiger partial charge in [-0.2, -0.15) is 0 Å². The molecule has 0 saturated heterocycles. The summed E-state index contributed by atoms with van der Waals surface area (Å²) in [5.41, 5.74) is 0.525. The van der Waals surface area contributed by atoms with Gasteiger partial charge in [0.1, 0.15) is 11.5 Å². The Labute approximate surface area is 199 Å². The van der Waals surface area contributed by atoms with Crippen LogP contribution in [0.15, 0.2) is 47.4 Å². The quantitative estimate of drug-likeness (QED) is 0.403. The molecule has 0 aliphatic heterocycles. The minimum atomic E-state index is -0.592. The molecule has 2 aromatic rings. The van der Waals surface area contributed by atoms with Crippen LogP contribution in [0.2, 0.25) is 0 Å². The van der Waals surface area contributed by atoms with Crippen LogP contribution in [0.5, 0.6) is 11.5 Å². The Morgan fingerprint density at radius 2 is 1.73 bits per heavy atom. The van der Waals surface area contributed by atoms with E-state index in [0.29, 0.717) is 22.0 Å². The van der Waals surface area contributed by atoms with Gasteiger partial charge in [-0.15, -0.1) is 11.8 Å². The van der Waals surface area contributed by atoms with Crippen molar-refractivity contribution in [2.24, 2.45) is 5.41 Å². The number of hydrogen-bond donors (Lipinski definition) is 1. The Morgan fingerprint density at radius 3 is 2.36 bits per heavy atom. The summed E-state index contributed by atoms with van der Waals surface area (Å²) < 4.78 is 15.9. The first-order valence-electron chi connectivity index (χ1n) is 10.5. The van der Waals surface area contributed by atoms with Crippen molar-refractivity contribution >= 4 is 29.4 Å². The van der Waals surface area contributed by atoms with Crippen molar-refractivity contribution in [3.8, 4) is 11.5 Å². The molecule has 0 heterocycles. The van der Waals surface area contributed by atoms with E-state index in [1.54, 1.807) is 71.4 Å². The number of amides is 1. The van der Waals surface area contributed by atoms with Gasteiger partial charge >= 0.3 is 5.97 Å². The van der Waals surface area contributed by atoms with E-state index in [4.69, 9.17) is 14.2 Å². The second-order valence-electron chi connectivity index (χ2n) is 8.43. The van der Waals surface area contributed by atoms with E-state index in [0.717, 1.165) is 5.56 Å². The number of nitrogens with one attached hydrogen (secondary N) is 1. The maximum absolute atomic E-state index is 12.6. The van der Waals surface area contributed by atoms with E-state index in [9.17, 15) is 14.4 Å². The van der Waals surface area contributed by atoms with Crippen LogP contribution in [0.1, 0.15) is 49.7 Å². The van der Waals surface area contributed by atoms with Crippen molar-refractivity contribution in [3.63, 3.8) is 0 Å². The number of rotatable bonds is 10. The van der Waals surface area contributed by atoms with Crippen LogP contribution in [0, 0.1) is 5.41 Å². The van der Waals surface area contributed by atoms with Gasteiger partial charge in [-0.05, 0) is 37.3 Å². The van der Waals surface area contributed by atoms with Gasteiger partial charge in [-0.25, -0.2) is 4.79 Å². The van der Waals surface area contributed by atoms with Gasteiger partial charge in [0.25, 0.3) is 0 Å². The molecule has 8 heteroatoms. The van der Waals surface area contributed by atoms with Crippen LogP contribution in [0.3, 0.4) is 0 Å². The van der Waals surface area contributed by atoms with Crippen molar-refractivity contribution in [2.75, 3.05) is 26.6 Å². The van der Waals surface area contributed by atoms with Crippen molar-refractivity contribution in [2.45, 2.75) is 38.6 Å². The second kappa shape index (κ2) is 11.7. The van der Waals surface area contributed by atoms with E-state index in [2.05, 4.69) is 5.32 Å². The average Bonchev–Trinajstić information content (AvgIpc) is 2.79.